The zero-order valence-corrected chi connectivity index (χ0v) is 25.7. The summed E-state index contributed by atoms with van der Waals surface area (Å²) in [7, 11) is 0. The summed E-state index contributed by atoms with van der Waals surface area (Å²) in [6.45, 7) is 13.5. The Labute approximate surface area is 243 Å². The fourth-order valence-electron chi connectivity index (χ4n) is 4.81. The minimum absolute atomic E-state index is 0.157. The first kappa shape index (κ1) is 26.1. The van der Waals surface area contributed by atoms with Crippen molar-refractivity contribution in [1.29, 1.82) is 0 Å². The summed E-state index contributed by atoms with van der Waals surface area (Å²) in [6, 6.07) is 31.3. The molecule has 0 aliphatic heterocycles. The molecule has 3 heterocycles. The first-order valence-electron chi connectivity index (χ1n) is 13.3. The highest BCUT2D eigenvalue weighted by Gasteiger charge is 2.18. The van der Waals surface area contributed by atoms with Gasteiger partial charge in [0.05, 0.1) is 11.7 Å². The van der Waals surface area contributed by atoms with Crippen LogP contribution in [0.15, 0.2) is 84.9 Å². The maximum Gasteiger partial charge on any atom is 0.114 e. The highest BCUT2D eigenvalue weighted by atomic mass is 32.1. The average Bonchev–Trinajstić information content (AvgIpc) is 3.68. The van der Waals surface area contributed by atoms with Crippen molar-refractivity contribution in [2.24, 2.45) is 0 Å². The van der Waals surface area contributed by atoms with Gasteiger partial charge in [0.1, 0.15) is 11.0 Å². The molecule has 0 N–H and O–H groups in total. The van der Waals surface area contributed by atoms with E-state index in [0.29, 0.717) is 0 Å². The van der Waals surface area contributed by atoms with E-state index in [1.54, 1.807) is 0 Å². The summed E-state index contributed by atoms with van der Waals surface area (Å²) >= 11 is 4.93. The predicted octanol–water partition coefficient (Wildman–Crippen LogP) is 11.1. The Morgan fingerprint density at radius 2 is 0.795 bits per heavy atom. The van der Waals surface area contributed by atoms with Crippen LogP contribution in [0.4, 0.5) is 0 Å². The van der Waals surface area contributed by atoms with Crippen LogP contribution in [0.2, 0.25) is 0 Å². The second-order valence-corrected chi connectivity index (χ2v) is 14.8. The number of thiophene rings is 2. The minimum Gasteiger partial charge on any atom is -0.172 e. The third kappa shape index (κ3) is 5.11. The molecule has 0 saturated carbocycles. The van der Waals surface area contributed by atoms with Crippen LogP contribution in [0.5, 0.6) is 0 Å². The summed E-state index contributed by atoms with van der Waals surface area (Å²) < 4.78 is 9.48. The van der Waals surface area contributed by atoms with Gasteiger partial charge < -0.3 is 0 Å². The molecule has 0 amide bonds. The molecule has 6 aromatic rings. The molecule has 6 rings (SSSR count). The van der Waals surface area contributed by atoms with E-state index >= 15 is 0 Å². The summed E-state index contributed by atoms with van der Waals surface area (Å²) in [5.41, 5.74) is 9.81. The smallest absolute Gasteiger partial charge is 0.114 e. The van der Waals surface area contributed by atoms with Gasteiger partial charge in [0.15, 0.2) is 0 Å². The second-order valence-electron chi connectivity index (χ2n) is 12.1. The highest BCUT2D eigenvalue weighted by molar-refractivity contribution is 7.19. The van der Waals surface area contributed by atoms with Gasteiger partial charge in [0.2, 0.25) is 0 Å². The Morgan fingerprint density at radius 1 is 0.436 bits per heavy atom. The molecule has 0 bridgehead atoms. The van der Waals surface area contributed by atoms with Crippen molar-refractivity contribution in [3.63, 3.8) is 0 Å². The zero-order valence-electron chi connectivity index (χ0n) is 23.2. The van der Waals surface area contributed by atoms with Crippen LogP contribution in [-0.4, -0.2) is 8.75 Å². The molecule has 0 aliphatic carbocycles. The summed E-state index contributed by atoms with van der Waals surface area (Å²) in [5.74, 6) is 0. The number of hydrogen-bond acceptors (Lipinski definition) is 5. The van der Waals surface area contributed by atoms with Gasteiger partial charge in [-0.15, -0.1) is 22.7 Å². The second kappa shape index (κ2) is 9.81. The van der Waals surface area contributed by atoms with Gasteiger partial charge in [-0.1, -0.05) is 102 Å². The molecule has 0 fully saturated rings. The van der Waals surface area contributed by atoms with Crippen molar-refractivity contribution in [1.82, 2.24) is 8.75 Å². The van der Waals surface area contributed by atoms with Gasteiger partial charge in [0.25, 0.3) is 0 Å². The summed E-state index contributed by atoms with van der Waals surface area (Å²) in [4.78, 5) is 4.98. The molecule has 0 aliphatic rings. The lowest BCUT2D eigenvalue weighted by molar-refractivity contribution is 0.590. The molecule has 3 aromatic heterocycles. The molecule has 0 unspecified atom stereocenters. The maximum atomic E-state index is 4.74. The lowest BCUT2D eigenvalue weighted by Gasteiger charge is -2.19. The number of fused-ring (bicyclic) bond motifs is 1. The minimum atomic E-state index is 0.157. The maximum absolute atomic E-state index is 4.74. The molecule has 5 heteroatoms. The molecule has 3 aromatic carbocycles. The lowest BCUT2D eigenvalue weighted by Crippen LogP contribution is -2.10. The van der Waals surface area contributed by atoms with Crippen molar-refractivity contribution in [2.45, 2.75) is 52.4 Å². The van der Waals surface area contributed by atoms with Gasteiger partial charge in [0, 0.05) is 30.6 Å². The fourth-order valence-corrected chi connectivity index (χ4v) is 7.46. The van der Waals surface area contributed by atoms with E-state index in [2.05, 4.69) is 126 Å². The van der Waals surface area contributed by atoms with Crippen molar-refractivity contribution in [2.75, 3.05) is 0 Å². The molecular formula is C34H32N2S3. The van der Waals surface area contributed by atoms with Gasteiger partial charge in [-0.2, -0.15) is 8.75 Å². The van der Waals surface area contributed by atoms with E-state index in [9.17, 15) is 0 Å². The van der Waals surface area contributed by atoms with E-state index in [-0.39, 0.29) is 10.8 Å². The summed E-state index contributed by atoms with van der Waals surface area (Å²) in [6.07, 6.45) is 0. The van der Waals surface area contributed by atoms with Crippen molar-refractivity contribution >= 4 is 45.4 Å². The molecule has 196 valence electrons. The average molecular weight is 565 g/mol. The normalized spacial score (nSPS) is 12.4. The van der Waals surface area contributed by atoms with Crippen LogP contribution < -0.4 is 0 Å². The lowest BCUT2D eigenvalue weighted by atomic mass is 9.86. The number of hydrogen-bond donors (Lipinski definition) is 0. The van der Waals surface area contributed by atoms with Crippen LogP contribution in [0.3, 0.4) is 0 Å². The SMILES string of the molecule is CC(C)(C)c1ccc(-c2ccc(-c3ccc(-c4ccc(-c5ccc(C(C)(C)C)cc5)s4)c4nsnc34)s2)cc1. The molecule has 2 nitrogen and oxygen atoms in total. The molecule has 0 spiro atoms. The van der Waals surface area contributed by atoms with Crippen molar-refractivity contribution in [3.8, 4) is 41.8 Å². The van der Waals surface area contributed by atoms with Crippen molar-refractivity contribution < 1.29 is 0 Å². The van der Waals surface area contributed by atoms with Gasteiger partial charge in [-0.05, 0) is 57.3 Å². The zero-order chi connectivity index (χ0) is 27.4. The van der Waals surface area contributed by atoms with Crippen molar-refractivity contribution in [3.05, 3.63) is 96.1 Å². The Balaban J connectivity index is 1.31. The Kier molecular flexibility index (Phi) is 6.57. The molecule has 39 heavy (non-hydrogen) atoms. The van der Waals surface area contributed by atoms with E-state index in [1.165, 1.54) is 53.5 Å². The number of benzene rings is 3. The van der Waals surface area contributed by atoms with Crippen LogP contribution in [-0.2, 0) is 10.8 Å². The van der Waals surface area contributed by atoms with Crippen LogP contribution in [0, 0.1) is 0 Å². The topological polar surface area (TPSA) is 25.8 Å². The third-order valence-electron chi connectivity index (χ3n) is 7.23. The van der Waals surface area contributed by atoms with Crippen LogP contribution in [0.25, 0.3) is 52.8 Å². The fraction of sp³-hybridized carbons (Fsp3) is 0.235. The van der Waals surface area contributed by atoms with E-state index < -0.39 is 0 Å². The monoisotopic (exact) mass is 564 g/mol. The van der Waals surface area contributed by atoms with Gasteiger partial charge in [-0.25, -0.2) is 0 Å². The summed E-state index contributed by atoms with van der Waals surface area (Å²) in [5, 5.41) is 0. The standard InChI is InChI=1S/C34H32N2S3/c1-33(2,3)23-11-7-21(8-12-23)27-17-19-29(37-27)25-15-16-26(32-31(25)35-39-36-32)30-20-18-28(38-30)22-9-13-24(14-10-22)34(4,5)6/h7-20H,1-6H3. The number of rotatable bonds is 4. The number of aromatic nitrogens is 2. The Bertz CT molecular complexity index is 1620. The third-order valence-corrected chi connectivity index (χ3v) is 10.1. The Morgan fingerprint density at radius 3 is 1.15 bits per heavy atom. The first-order valence-corrected chi connectivity index (χ1v) is 15.6. The molecule has 0 saturated heterocycles. The predicted molar refractivity (Wildman–Crippen MR) is 172 cm³/mol. The quantitative estimate of drug-likeness (QED) is 0.213. The molecule has 0 radical (unpaired) electrons. The largest absolute Gasteiger partial charge is 0.172 e. The molecular weight excluding hydrogens is 533 g/mol. The Hall–Kier alpha value is -3.12. The van der Waals surface area contributed by atoms with Gasteiger partial charge in [-0.3, -0.25) is 0 Å². The highest BCUT2D eigenvalue weighted by Crippen LogP contribution is 2.42. The van der Waals surface area contributed by atoms with Crippen LogP contribution in [0.1, 0.15) is 52.7 Å². The van der Waals surface area contributed by atoms with E-state index in [1.807, 2.05) is 22.7 Å². The number of nitrogens with zero attached hydrogens (tertiary/aromatic N) is 2. The van der Waals surface area contributed by atoms with E-state index in [0.717, 1.165) is 22.2 Å². The van der Waals surface area contributed by atoms with E-state index in [4.69, 9.17) is 8.75 Å². The van der Waals surface area contributed by atoms with Crippen LogP contribution >= 0.6 is 34.4 Å². The molecule has 0 atom stereocenters. The first-order chi connectivity index (χ1) is 18.6. The van der Waals surface area contributed by atoms with Gasteiger partial charge >= 0.3 is 0 Å².